The number of hydrogen-bond donors (Lipinski definition) is 1. The van der Waals surface area contributed by atoms with Crippen molar-refractivity contribution in [2.75, 3.05) is 7.05 Å². The third-order valence-corrected chi connectivity index (χ3v) is 5.57. The highest BCUT2D eigenvalue weighted by Crippen LogP contribution is 2.27. The van der Waals surface area contributed by atoms with Crippen molar-refractivity contribution in [3.8, 4) is 0 Å². The molecule has 0 aliphatic heterocycles. The Morgan fingerprint density at radius 2 is 2.05 bits per heavy atom. The molecule has 0 heterocycles. The molecule has 0 saturated carbocycles. The lowest BCUT2D eigenvalue weighted by Gasteiger charge is -2.24. The fourth-order valence-corrected chi connectivity index (χ4v) is 3.49. The van der Waals surface area contributed by atoms with Crippen LogP contribution in [0.15, 0.2) is 17.0 Å². The quantitative estimate of drug-likeness (QED) is 0.866. The van der Waals surface area contributed by atoms with E-state index in [2.05, 4.69) is 0 Å². The highest BCUT2D eigenvalue weighted by atomic mass is 35.5. The molecule has 0 fully saturated rings. The molecule has 21 heavy (non-hydrogen) atoms. The summed E-state index contributed by atoms with van der Waals surface area (Å²) in [6.07, 6.45) is 1.42. The second-order valence-corrected chi connectivity index (χ2v) is 7.11. The van der Waals surface area contributed by atoms with E-state index >= 15 is 0 Å². The lowest BCUT2D eigenvalue weighted by Crippen LogP contribution is -2.35. The van der Waals surface area contributed by atoms with Crippen molar-refractivity contribution in [1.82, 2.24) is 4.31 Å². The Kier molecular flexibility index (Phi) is 5.72. The molecule has 1 aromatic rings. The fraction of sp³-hybridized carbons (Fsp3) is 0.462. The summed E-state index contributed by atoms with van der Waals surface area (Å²) < 4.78 is 39.6. The van der Waals surface area contributed by atoms with E-state index in [1.54, 1.807) is 6.92 Å². The van der Waals surface area contributed by atoms with Crippen LogP contribution in [0.4, 0.5) is 4.39 Å². The van der Waals surface area contributed by atoms with Gasteiger partial charge in [-0.2, -0.15) is 4.31 Å². The van der Waals surface area contributed by atoms with Gasteiger partial charge in [-0.15, -0.1) is 0 Å². The molecule has 1 rings (SSSR count). The first-order valence-electron chi connectivity index (χ1n) is 6.33. The van der Waals surface area contributed by atoms with Crippen molar-refractivity contribution in [2.24, 2.45) is 0 Å². The van der Waals surface area contributed by atoms with Crippen LogP contribution >= 0.6 is 11.6 Å². The summed E-state index contributed by atoms with van der Waals surface area (Å²) in [7, 11) is -2.61. The van der Waals surface area contributed by atoms with E-state index in [1.165, 1.54) is 7.05 Å². The standard InChI is InChI=1S/C13H17ClFNO4S/c1-4-5-8(2)16(3)21(19,20)9-6-10(13(17)18)12(14)11(15)7-9/h6-8H,4-5H2,1-3H3,(H,17,18). The molecule has 5 nitrogen and oxygen atoms in total. The average molecular weight is 338 g/mol. The Bertz CT molecular complexity index is 648. The summed E-state index contributed by atoms with van der Waals surface area (Å²) >= 11 is 5.54. The van der Waals surface area contributed by atoms with Gasteiger partial charge in [0, 0.05) is 13.1 Å². The van der Waals surface area contributed by atoms with Gasteiger partial charge < -0.3 is 5.11 Å². The van der Waals surface area contributed by atoms with Crippen LogP contribution < -0.4 is 0 Å². The third kappa shape index (κ3) is 3.72. The second-order valence-electron chi connectivity index (χ2n) is 4.73. The molecular formula is C13H17ClFNO4S. The van der Waals surface area contributed by atoms with Crippen LogP contribution in [-0.4, -0.2) is 36.9 Å². The molecule has 0 bridgehead atoms. The van der Waals surface area contributed by atoms with E-state index in [0.717, 1.165) is 22.9 Å². The van der Waals surface area contributed by atoms with E-state index in [1.807, 2.05) is 6.92 Å². The monoisotopic (exact) mass is 337 g/mol. The SMILES string of the molecule is CCCC(C)N(C)S(=O)(=O)c1cc(F)c(Cl)c(C(=O)O)c1. The van der Waals surface area contributed by atoms with Crippen LogP contribution in [0.5, 0.6) is 0 Å². The summed E-state index contributed by atoms with van der Waals surface area (Å²) in [4.78, 5) is 10.6. The van der Waals surface area contributed by atoms with Crippen molar-refractivity contribution in [3.05, 3.63) is 28.5 Å². The highest BCUT2D eigenvalue weighted by molar-refractivity contribution is 7.89. The molecule has 0 aromatic heterocycles. The Hall–Kier alpha value is -1.18. The van der Waals surface area contributed by atoms with E-state index in [9.17, 15) is 17.6 Å². The normalized spacial score (nSPS) is 13.4. The summed E-state index contributed by atoms with van der Waals surface area (Å²) in [5, 5.41) is 8.35. The minimum absolute atomic E-state index is 0.285. The smallest absolute Gasteiger partial charge is 0.337 e. The third-order valence-electron chi connectivity index (χ3n) is 3.24. The predicted molar refractivity (Wildman–Crippen MR) is 77.7 cm³/mol. The zero-order chi connectivity index (χ0) is 16.4. The second kappa shape index (κ2) is 6.72. The van der Waals surface area contributed by atoms with Gasteiger partial charge in [0.1, 0.15) is 5.82 Å². The maximum absolute atomic E-state index is 13.7. The molecule has 0 aliphatic rings. The number of carbonyl (C=O) groups is 1. The number of sulfonamides is 1. The predicted octanol–water partition coefficient (Wildman–Crippen LogP) is 2.99. The van der Waals surface area contributed by atoms with Crippen LogP contribution in [0.25, 0.3) is 0 Å². The van der Waals surface area contributed by atoms with Crippen molar-refractivity contribution < 1.29 is 22.7 Å². The number of hydrogen-bond acceptors (Lipinski definition) is 3. The van der Waals surface area contributed by atoms with Crippen molar-refractivity contribution in [1.29, 1.82) is 0 Å². The van der Waals surface area contributed by atoms with Gasteiger partial charge in [-0.3, -0.25) is 0 Å². The van der Waals surface area contributed by atoms with Crippen molar-refractivity contribution in [3.63, 3.8) is 0 Å². The van der Waals surface area contributed by atoms with Gasteiger partial charge in [-0.25, -0.2) is 17.6 Å². The molecule has 8 heteroatoms. The molecule has 1 N–H and O–H groups in total. The Morgan fingerprint density at radius 1 is 1.48 bits per heavy atom. The zero-order valence-corrected chi connectivity index (χ0v) is 13.5. The van der Waals surface area contributed by atoms with E-state index in [-0.39, 0.29) is 6.04 Å². The highest BCUT2D eigenvalue weighted by Gasteiger charge is 2.28. The Balaban J connectivity index is 3.36. The number of benzene rings is 1. The van der Waals surface area contributed by atoms with Gasteiger partial charge >= 0.3 is 5.97 Å². The first-order valence-corrected chi connectivity index (χ1v) is 8.15. The first kappa shape index (κ1) is 17.9. The fourth-order valence-electron chi connectivity index (χ4n) is 1.87. The molecule has 1 atom stereocenters. The molecule has 0 radical (unpaired) electrons. The van der Waals surface area contributed by atoms with Gasteiger partial charge in [0.2, 0.25) is 10.0 Å². The minimum atomic E-state index is -3.98. The van der Waals surface area contributed by atoms with Crippen LogP contribution in [0, 0.1) is 5.82 Å². The number of nitrogens with zero attached hydrogens (tertiary/aromatic N) is 1. The summed E-state index contributed by atoms with van der Waals surface area (Å²) in [5.41, 5.74) is -0.577. The maximum Gasteiger partial charge on any atom is 0.337 e. The van der Waals surface area contributed by atoms with Crippen LogP contribution in [0.3, 0.4) is 0 Å². The molecular weight excluding hydrogens is 321 g/mol. The summed E-state index contributed by atoms with van der Waals surface area (Å²) in [6.45, 7) is 3.65. The van der Waals surface area contributed by atoms with Crippen LogP contribution in [0.1, 0.15) is 37.0 Å². The lowest BCUT2D eigenvalue weighted by molar-refractivity contribution is 0.0696. The number of aromatic carboxylic acids is 1. The van der Waals surface area contributed by atoms with E-state index in [0.29, 0.717) is 6.42 Å². The lowest BCUT2D eigenvalue weighted by atomic mass is 10.2. The molecule has 0 amide bonds. The maximum atomic E-state index is 13.7. The van der Waals surface area contributed by atoms with E-state index < -0.39 is 37.3 Å². The van der Waals surface area contributed by atoms with Gasteiger partial charge in [0.15, 0.2) is 0 Å². The molecule has 0 spiro atoms. The molecule has 1 unspecified atom stereocenters. The average Bonchev–Trinajstić information content (AvgIpc) is 2.40. The molecule has 118 valence electrons. The largest absolute Gasteiger partial charge is 0.478 e. The van der Waals surface area contributed by atoms with Gasteiger partial charge in [0.25, 0.3) is 0 Å². The van der Waals surface area contributed by atoms with Crippen LogP contribution in [-0.2, 0) is 10.0 Å². The Morgan fingerprint density at radius 3 is 2.52 bits per heavy atom. The summed E-state index contributed by atoms with van der Waals surface area (Å²) in [5.74, 6) is -2.56. The molecule has 0 saturated heterocycles. The summed E-state index contributed by atoms with van der Waals surface area (Å²) in [6, 6.07) is 1.32. The number of rotatable bonds is 6. The number of carboxylic acid groups (broad SMARTS) is 1. The zero-order valence-electron chi connectivity index (χ0n) is 11.9. The van der Waals surface area contributed by atoms with Crippen LogP contribution in [0.2, 0.25) is 5.02 Å². The van der Waals surface area contributed by atoms with Crippen molar-refractivity contribution in [2.45, 2.75) is 37.6 Å². The van der Waals surface area contributed by atoms with E-state index in [4.69, 9.17) is 16.7 Å². The minimum Gasteiger partial charge on any atom is -0.478 e. The topological polar surface area (TPSA) is 74.7 Å². The van der Waals surface area contributed by atoms with Gasteiger partial charge in [-0.05, 0) is 25.5 Å². The first-order chi connectivity index (χ1) is 9.62. The van der Waals surface area contributed by atoms with Gasteiger partial charge in [-0.1, -0.05) is 24.9 Å². The number of halogens is 2. The van der Waals surface area contributed by atoms with Gasteiger partial charge in [0.05, 0.1) is 15.5 Å². The molecule has 1 aromatic carbocycles. The molecule has 0 aliphatic carbocycles. The number of carboxylic acids is 1. The van der Waals surface area contributed by atoms with Crippen molar-refractivity contribution >= 4 is 27.6 Å². The Labute approximate surface area is 128 Å².